The normalized spacial score (nSPS) is 16.4. The number of hydrogen-bond acceptors (Lipinski definition) is 4. The van der Waals surface area contributed by atoms with E-state index in [9.17, 15) is 0 Å². The van der Waals surface area contributed by atoms with Crippen LogP contribution in [0.1, 0.15) is 17.2 Å². The summed E-state index contributed by atoms with van der Waals surface area (Å²) in [6, 6.07) is 18.1. The van der Waals surface area contributed by atoms with E-state index in [-0.39, 0.29) is 6.10 Å². The molecule has 0 aliphatic carbocycles. The fourth-order valence-corrected chi connectivity index (χ4v) is 2.51. The molecule has 5 heteroatoms. The minimum Gasteiger partial charge on any atom is -0.481 e. The summed E-state index contributed by atoms with van der Waals surface area (Å²) in [5.74, 6) is 0.856. The van der Waals surface area contributed by atoms with Gasteiger partial charge in [0.1, 0.15) is 24.5 Å². The molecule has 1 aliphatic rings. The van der Waals surface area contributed by atoms with Gasteiger partial charge < -0.3 is 4.74 Å². The maximum absolute atomic E-state index is 6.11. The second-order valence-corrected chi connectivity index (χ2v) is 5.01. The molecular weight excluding hydrogens is 276 g/mol. The van der Waals surface area contributed by atoms with E-state index in [4.69, 9.17) is 4.74 Å². The first kappa shape index (κ1) is 12.6. The zero-order chi connectivity index (χ0) is 14.8. The average molecular weight is 290 g/mol. The third-order valence-electron chi connectivity index (χ3n) is 3.55. The van der Waals surface area contributed by atoms with Gasteiger partial charge in [0.05, 0.1) is 5.70 Å². The molecule has 0 radical (unpaired) electrons. The number of fused-ring (bicyclic) bond motifs is 1. The summed E-state index contributed by atoms with van der Waals surface area (Å²) in [6.07, 6.45) is 5.18. The van der Waals surface area contributed by atoms with Gasteiger partial charge in [-0.25, -0.2) is 4.68 Å². The number of benzene rings is 2. The van der Waals surface area contributed by atoms with Gasteiger partial charge in [0.2, 0.25) is 0 Å². The third-order valence-corrected chi connectivity index (χ3v) is 3.55. The predicted octanol–water partition coefficient (Wildman–Crippen LogP) is 3.00. The Hall–Kier alpha value is -3.08. The van der Waals surface area contributed by atoms with E-state index >= 15 is 0 Å². The summed E-state index contributed by atoms with van der Waals surface area (Å²) in [6.45, 7) is 0. The number of nitrogens with zero attached hydrogens (tertiary/aromatic N) is 3. The van der Waals surface area contributed by atoms with Crippen molar-refractivity contribution < 1.29 is 4.74 Å². The molecule has 0 unspecified atom stereocenters. The van der Waals surface area contributed by atoms with Crippen LogP contribution in [0.4, 0.5) is 0 Å². The van der Waals surface area contributed by atoms with Crippen LogP contribution in [0.5, 0.6) is 5.75 Å². The van der Waals surface area contributed by atoms with Gasteiger partial charge in [-0.1, -0.05) is 42.5 Å². The van der Waals surface area contributed by atoms with E-state index < -0.39 is 0 Å². The number of hydrogen-bond donors (Lipinski definition) is 1. The van der Waals surface area contributed by atoms with Crippen LogP contribution in [0.25, 0.3) is 5.70 Å². The number of ether oxygens (including phenoxy) is 1. The van der Waals surface area contributed by atoms with E-state index in [1.54, 1.807) is 17.3 Å². The first-order chi connectivity index (χ1) is 10.9. The molecule has 1 N–H and O–H groups in total. The maximum Gasteiger partial charge on any atom is 0.144 e. The molecule has 0 saturated heterocycles. The number of para-hydroxylation sites is 1. The lowest BCUT2D eigenvalue weighted by atomic mass is 10.0. The van der Waals surface area contributed by atoms with Gasteiger partial charge in [-0.15, -0.1) is 10.2 Å². The smallest absolute Gasteiger partial charge is 0.144 e. The van der Waals surface area contributed by atoms with Crippen molar-refractivity contribution in [2.24, 2.45) is 0 Å². The highest BCUT2D eigenvalue weighted by Gasteiger charge is 2.21. The fourth-order valence-electron chi connectivity index (χ4n) is 2.51. The molecule has 1 atom stereocenters. The largest absolute Gasteiger partial charge is 0.481 e. The number of rotatable bonds is 3. The Balaban J connectivity index is 1.75. The molecule has 22 heavy (non-hydrogen) atoms. The molecule has 2 aromatic carbocycles. The highest BCUT2D eigenvalue weighted by atomic mass is 16.5. The summed E-state index contributed by atoms with van der Waals surface area (Å²) < 4.78 is 7.83. The Morgan fingerprint density at radius 2 is 1.64 bits per heavy atom. The first-order valence-electron chi connectivity index (χ1n) is 7.04. The van der Waals surface area contributed by atoms with E-state index in [0.717, 1.165) is 22.6 Å². The monoisotopic (exact) mass is 290 g/mol. The molecule has 5 nitrogen and oxygen atoms in total. The fraction of sp³-hybridized carbons (Fsp3) is 0.0588. The van der Waals surface area contributed by atoms with Gasteiger partial charge in [-0.3, -0.25) is 5.43 Å². The van der Waals surface area contributed by atoms with Crippen molar-refractivity contribution in [1.29, 1.82) is 0 Å². The molecule has 1 aromatic heterocycles. The molecule has 4 rings (SSSR count). The van der Waals surface area contributed by atoms with Crippen LogP contribution in [-0.4, -0.2) is 14.9 Å². The van der Waals surface area contributed by atoms with E-state index in [0.29, 0.717) is 0 Å². The van der Waals surface area contributed by atoms with Crippen LogP contribution in [-0.2, 0) is 0 Å². The zero-order valence-electron chi connectivity index (χ0n) is 11.8. The summed E-state index contributed by atoms with van der Waals surface area (Å²) in [4.78, 5) is 0. The molecule has 0 saturated carbocycles. The van der Waals surface area contributed by atoms with Crippen LogP contribution >= 0.6 is 0 Å². The SMILES string of the molecule is C1=C(Nn2cnnc2)c2ccccc2O[C@@H]1c1ccccc1. The van der Waals surface area contributed by atoms with Gasteiger partial charge in [0.15, 0.2) is 0 Å². The lowest BCUT2D eigenvalue weighted by molar-refractivity contribution is 0.250. The maximum atomic E-state index is 6.11. The van der Waals surface area contributed by atoms with E-state index in [1.807, 2.05) is 42.5 Å². The summed E-state index contributed by atoms with van der Waals surface area (Å²) in [5, 5.41) is 7.63. The molecule has 0 fully saturated rings. The van der Waals surface area contributed by atoms with Gasteiger partial charge in [0, 0.05) is 5.56 Å². The summed E-state index contributed by atoms with van der Waals surface area (Å²) in [7, 11) is 0. The Labute approximate surface area is 127 Å². The molecule has 108 valence electrons. The minimum absolute atomic E-state index is 0.130. The van der Waals surface area contributed by atoms with Crippen molar-refractivity contribution in [1.82, 2.24) is 14.9 Å². The van der Waals surface area contributed by atoms with Crippen LogP contribution < -0.4 is 10.2 Å². The number of aromatic nitrogens is 3. The van der Waals surface area contributed by atoms with Gasteiger partial charge in [-0.05, 0) is 23.8 Å². The lowest BCUT2D eigenvalue weighted by Gasteiger charge is -2.26. The highest BCUT2D eigenvalue weighted by molar-refractivity contribution is 5.75. The quantitative estimate of drug-likeness (QED) is 0.805. The Morgan fingerprint density at radius 3 is 2.45 bits per heavy atom. The topological polar surface area (TPSA) is 52.0 Å². The second-order valence-electron chi connectivity index (χ2n) is 5.01. The second kappa shape index (κ2) is 5.37. The van der Waals surface area contributed by atoms with Crippen LogP contribution in [0.15, 0.2) is 73.3 Å². The molecule has 2 heterocycles. The molecule has 0 amide bonds. The van der Waals surface area contributed by atoms with Crippen molar-refractivity contribution in [3.05, 3.63) is 84.5 Å². The van der Waals surface area contributed by atoms with Gasteiger partial charge in [-0.2, -0.15) is 0 Å². The minimum atomic E-state index is -0.130. The van der Waals surface area contributed by atoms with E-state index in [2.05, 4.69) is 33.8 Å². The Kier molecular flexibility index (Phi) is 3.08. The molecule has 0 spiro atoms. The van der Waals surface area contributed by atoms with Gasteiger partial charge >= 0.3 is 0 Å². The van der Waals surface area contributed by atoms with E-state index in [1.165, 1.54) is 0 Å². The molecular formula is C17H14N4O. The Morgan fingerprint density at radius 1 is 0.909 bits per heavy atom. The third kappa shape index (κ3) is 2.33. The molecule has 0 bridgehead atoms. The average Bonchev–Trinajstić information content (AvgIpc) is 3.09. The highest BCUT2D eigenvalue weighted by Crippen LogP contribution is 2.36. The Bertz CT molecular complexity index is 797. The summed E-state index contributed by atoms with van der Waals surface area (Å²) >= 11 is 0. The number of nitrogens with one attached hydrogen (secondary N) is 1. The van der Waals surface area contributed by atoms with Crippen molar-refractivity contribution in [2.45, 2.75) is 6.10 Å². The molecule has 3 aromatic rings. The predicted molar refractivity (Wildman–Crippen MR) is 83.6 cm³/mol. The van der Waals surface area contributed by atoms with Crippen molar-refractivity contribution in [2.75, 3.05) is 5.43 Å². The van der Waals surface area contributed by atoms with Gasteiger partial charge in [0.25, 0.3) is 0 Å². The van der Waals surface area contributed by atoms with Crippen molar-refractivity contribution in [3.8, 4) is 5.75 Å². The lowest BCUT2D eigenvalue weighted by Crippen LogP contribution is -2.18. The summed E-state index contributed by atoms with van der Waals surface area (Å²) in [5.41, 5.74) is 6.39. The van der Waals surface area contributed by atoms with Crippen molar-refractivity contribution in [3.63, 3.8) is 0 Å². The van der Waals surface area contributed by atoms with Crippen molar-refractivity contribution >= 4 is 5.70 Å². The standard InChI is InChI=1S/C17H14N4O/c1-2-6-13(7-3-1)17-10-15(20-21-11-18-19-12-21)14-8-4-5-9-16(14)22-17/h1-12,17,20H/t17-/m0/s1. The zero-order valence-corrected chi connectivity index (χ0v) is 11.8. The molecule has 1 aliphatic heterocycles. The van der Waals surface area contributed by atoms with Crippen LogP contribution in [0, 0.1) is 0 Å². The van der Waals surface area contributed by atoms with Crippen LogP contribution in [0.2, 0.25) is 0 Å². The first-order valence-corrected chi connectivity index (χ1v) is 7.04. The van der Waals surface area contributed by atoms with Crippen LogP contribution in [0.3, 0.4) is 0 Å².